The molecule has 0 aliphatic carbocycles. The lowest BCUT2D eigenvalue weighted by molar-refractivity contribution is 0.142. The van der Waals surface area contributed by atoms with Crippen molar-refractivity contribution >= 4 is 23.1 Å². The molecule has 2 heterocycles. The van der Waals surface area contributed by atoms with E-state index in [1.807, 2.05) is 30.0 Å². The second-order valence-electron chi connectivity index (χ2n) is 7.41. The Morgan fingerprint density at radius 2 is 1.80 bits per heavy atom. The van der Waals surface area contributed by atoms with Gasteiger partial charge in [-0.05, 0) is 31.9 Å². The molecule has 1 aliphatic heterocycles. The van der Waals surface area contributed by atoms with Gasteiger partial charge in [0.25, 0.3) is 0 Å². The maximum absolute atomic E-state index is 12.7. The van der Waals surface area contributed by atoms with Crippen LogP contribution in [0.3, 0.4) is 0 Å². The number of aryl methyl sites for hydroxylation is 1. The van der Waals surface area contributed by atoms with Crippen LogP contribution in [0.2, 0.25) is 0 Å². The van der Waals surface area contributed by atoms with Crippen molar-refractivity contribution in [2.75, 3.05) is 44.7 Å². The molecule has 2 amide bonds. The van der Waals surface area contributed by atoms with Crippen molar-refractivity contribution in [3.05, 3.63) is 34.3 Å². The summed E-state index contributed by atoms with van der Waals surface area (Å²) in [5.74, 6) is 1.39. The van der Waals surface area contributed by atoms with Crippen LogP contribution in [0, 0.1) is 6.92 Å². The van der Waals surface area contributed by atoms with E-state index in [0.29, 0.717) is 37.8 Å². The smallest absolute Gasteiger partial charge is 0.321 e. The number of aromatic nitrogens is 1. The largest absolute Gasteiger partial charge is 0.490 e. The topological polar surface area (TPSA) is 66.9 Å². The lowest BCUT2D eigenvalue weighted by Crippen LogP contribution is -2.49. The molecule has 1 aromatic carbocycles. The Labute approximate surface area is 183 Å². The van der Waals surface area contributed by atoms with E-state index in [2.05, 4.69) is 34.4 Å². The zero-order valence-electron chi connectivity index (χ0n) is 18.1. The molecule has 1 saturated heterocycles. The van der Waals surface area contributed by atoms with Gasteiger partial charge in [-0.3, -0.25) is 4.90 Å². The summed E-state index contributed by atoms with van der Waals surface area (Å²) < 4.78 is 11.6. The van der Waals surface area contributed by atoms with E-state index in [0.717, 1.165) is 48.9 Å². The highest BCUT2D eigenvalue weighted by Crippen LogP contribution is 2.31. The highest BCUT2D eigenvalue weighted by atomic mass is 32.1. The van der Waals surface area contributed by atoms with Gasteiger partial charge in [-0.25, -0.2) is 9.78 Å². The van der Waals surface area contributed by atoms with Crippen LogP contribution in [0.15, 0.2) is 23.6 Å². The first-order valence-electron chi connectivity index (χ1n) is 10.7. The van der Waals surface area contributed by atoms with Crippen LogP contribution in [0.25, 0.3) is 0 Å². The van der Waals surface area contributed by atoms with Crippen molar-refractivity contribution in [1.82, 2.24) is 14.8 Å². The van der Waals surface area contributed by atoms with Crippen LogP contribution in [0.5, 0.6) is 11.5 Å². The molecule has 164 valence electrons. The predicted octanol–water partition coefficient (Wildman–Crippen LogP) is 4.38. The number of hydrogen-bond donors (Lipinski definition) is 1. The molecule has 3 rings (SSSR count). The van der Waals surface area contributed by atoms with Crippen molar-refractivity contribution in [3.8, 4) is 11.5 Å². The molecule has 2 aromatic rings. The monoisotopic (exact) mass is 432 g/mol. The van der Waals surface area contributed by atoms with E-state index in [9.17, 15) is 4.79 Å². The fourth-order valence-electron chi connectivity index (χ4n) is 3.26. The number of nitrogens with one attached hydrogen (secondary N) is 1. The number of anilines is 1. The first-order chi connectivity index (χ1) is 14.6. The molecule has 30 heavy (non-hydrogen) atoms. The number of benzene rings is 1. The van der Waals surface area contributed by atoms with E-state index in [1.165, 1.54) is 0 Å². The fourth-order valence-corrected chi connectivity index (χ4v) is 3.87. The number of piperazine rings is 1. The van der Waals surface area contributed by atoms with Gasteiger partial charge in [0.1, 0.15) is 0 Å². The van der Waals surface area contributed by atoms with Gasteiger partial charge < -0.3 is 19.7 Å². The molecule has 0 unspecified atom stereocenters. The molecule has 0 radical (unpaired) electrons. The maximum Gasteiger partial charge on any atom is 0.321 e. The van der Waals surface area contributed by atoms with Crippen molar-refractivity contribution in [1.29, 1.82) is 0 Å². The van der Waals surface area contributed by atoms with Crippen LogP contribution in [0.4, 0.5) is 10.5 Å². The summed E-state index contributed by atoms with van der Waals surface area (Å²) in [6, 6.07) is 5.49. The summed E-state index contributed by atoms with van der Waals surface area (Å²) in [6.45, 7) is 11.3. The van der Waals surface area contributed by atoms with Crippen molar-refractivity contribution in [2.45, 2.75) is 40.2 Å². The molecule has 1 aliphatic rings. The van der Waals surface area contributed by atoms with Gasteiger partial charge in [-0.15, -0.1) is 11.3 Å². The molecule has 1 N–H and O–H groups in total. The molecule has 1 aromatic heterocycles. The van der Waals surface area contributed by atoms with Gasteiger partial charge >= 0.3 is 6.03 Å². The number of rotatable bonds is 9. The number of hydrogen-bond acceptors (Lipinski definition) is 6. The van der Waals surface area contributed by atoms with E-state index in [1.54, 1.807) is 11.3 Å². The summed E-state index contributed by atoms with van der Waals surface area (Å²) in [5, 5.41) is 6.21. The SMILES string of the molecule is CCCOc1ccc(NC(=O)N2CCN(Cc3csc(C)n3)CC2)cc1OCCC. The molecule has 7 nitrogen and oxygen atoms in total. The van der Waals surface area contributed by atoms with E-state index >= 15 is 0 Å². The molecule has 1 fully saturated rings. The number of nitrogens with zero attached hydrogens (tertiary/aromatic N) is 3. The Hall–Kier alpha value is -2.32. The number of thiazole rings is 1. The van der Waals surface area contributed by atoms with Crippen LogP contribution >= 0.6 is 11.3 Å². The summed E-state index contributed by atoms with van der Waals surface area (Å²) in [4.78, 5) is 21.5. The quantitative estimate of drug-likeness (QED) is 0.637. The van der Waals surface area contributed by atoms with Crippen LogP contribution in [-0.4, -0.2) is 60.2 Å². The van der Waals surface area contributed by atoms with Crippen LogP contribution in [-0.2, 0) is 6.54 Å². The predicted molar refractivity (Wildman–Crippen MR) is 121 cm³/mol. The van der Waals surface area contributed by atoms with Gasteiger partial charge in [0.05, 0.1) is 23.9 Å². The minimum Gasteiger partial charge on any atom is -0.490 e. The standard InChI is InChI=1S/C22H32N4O3S/c1-4-12-28-20-7-6-18(14-21(20)29-13-5-2)24-22(27)26-10-8-25(9-11-26)15-19-16-30-17(3)23-19/h6-7,14,16H,4-5,8-13,15H2,1-3H3,(H,24,27). The van der Waals surface area contributed by atoms with Gasteiger partial charge in [0.2, 0.25) is 0 Å². The average molecular weight is 433 g/mol. The first-order valence-corrected chi connectivity index (χ1v) is 11.6. The van der Waals surface area contributed by atoms with E-state index in [-0.39, 0.29) is 6.03 Å². The highest BCUT2D eigenvalue weighted by Gasteiger charge is 2.22. The number of carbonyl (C=O) groups is 1. The number of ether oxygens (including phenoxy) is 2. The highest BCUT2D eigenvalue weighted by molar-refractivity contribution is 7.09. The van der Waals surface area contributed by atoms with Gasteiger partial charge in [0, 0.05) is 49.9 Å². The summed E-state index contributed by atoms with van der Waals surface area (Å²) in [7, 11) is 0. The summed E-state index contributed by atoms with van der Waals surface area (Å²) in [5.41, 5.74) is 1.83. The lowest BCUT2D eigenvalue weighted by Gasteiger charge is -2.34. The second-order valence-corrected chi connectivity index (χ2v) is 8.47. The molecular formula is C22H32N4O3S. The Morgan fingerprint density at radius 1 is 1.10 bits per heavy atom. The lowest BCUT2D eigenvalue weighted by atomic mass is 10.2. The molecule has 0 saturated carbocycles. The molecule has 0 bridgehead atoms. The van der Waals surface area contributed by atoms with Crippen LogP contribution < -0.4 is 14.8 Å². The minimum atomic E-state index is -0.0807. The Kier molecular flexibility index (Phi) is 8.33. The Morgan fingerprint density at radius 3 is 2.43 bits per heavy atom. The molecule has 8 heteroatoms. The van der Waals surface area contributed by atoms with Crippen molar-refractivity contribution < 1.29 is 14.3 Å². The third kappa shape index (κ3) is 6.34. The summed E-state index contributed by atoms with van der Waals surface area (Å²) in [6.07, 6.45) is 1.84. The van der Waals surface area contributed by atoms with Crippen molar-refractivity contribution in [2.24, 2.45) is 0 Å². The van der Waals surface area contributed by atoms with E-state index in [4.69, 9.17) is 9.47 Å². The normalized spacial score (nSPS) is 14.6. The summed E-state index contributed by atoms with van der Waals surface area (Å²) >= 11 is 1.68. The maximum atomic E-state index is 12.7. The van der Waals surface area contributed by atoms with Gasteiger partial charge in [-0.1, -0.05) is 13.8 Å². The van der Waals surface area contributed by atoms with E-state index < -0.39 is 0 Å². The van der Waals surface area contributed by atoms with Gasteiger partial charge in [0.15, 0.2) is 11.5 Å². The van der Waals surface area contributed by atoms with Crippen molar-refractivity contribution in [3.63, 3.8) is 0 Å². The first kappa shape index (κ1) is 22.4. The third-order valence-electron chi connectivity index (χ3n) is 4.83. The Bertz CT molecular complexity index is 818. The average Bonchev–Trinajstić information content (AvgIpc) is 3.16. The van der Waals surface area contributed by atoms with Crippen LogP contribution in [0.1, 0.15) is 37.4 Å². The number of urea groups is 1. The number of carbonyl (C=O) groups excluding carboxylic acids is 1. The molecule has 0 atom stereocenters. The zero-order chi connectivity index (χ0) is 21.3. The van der Waals surface area contributed by atoms with Gasteiger partial charge in [-0.2, -0.15) is 0 Å². The number of amides is 2. The second kappa shape index (κ2) is 11.2. The minimum absolute atomic E-state index is 0.0807. The third-order valence-corrected chi connectivity index (χ3v) is 5.65. The Balaban J connectivity index is 1.53. The molecular weight excluding hydrogens is 400 g/mol. The fraction of sp³-hybridized carbons (Fsp3) is 0.545. The molecule has 0 spiro atoms. The zero-order valence-corrected chi connectivity index (χ0v) is 19.0.